The van der Waals surface area contributed by atoms with Gasteiger partial charge in [0, 0.05) is 6.42 Å². The molecular formula is C10H14O3. The molecule has 1 saturated carbocycles. The first-order chi connectivity index (χ1) is 5.99. The van der Waals surface area contributed by atoms with Gasteiger partial charge in [-0.3, -0.25) is 9.59 Å². The molecule has 0 spiro atoms. The molecule has 0 aromatic carbocycles. The Morgan fingerprint density at radius 3 is 2.62 bits per heavy atom. The number of ketones is 1. The molecule has 3 nitrogen and oxygen atoms in total. The zero-order chi connectivity index (χ0) is 10.1. The van der Waals surface area contributed by atoms with Crippen molar-refractivity contribution in [3.05, 3.63) is 12.2 Å². The molecule has 1 aliphatic carbocycles. The minimum Gasteiger partial charge on any atom is -0.480 e. The van der Waals surface area contributed by atoms with E-state index < -0.39 is 11.4 Å². The van der Waals surface area contributed by atoms with Crippen LogP contribution in [0.25, 0.3) is 0 Å². The van der Waals surface area contributed by atoms with Gasteiger partial charge in [0.1, 0.15) is 5.41 Å². The van der Waals surface area contributed by atoms with E-state index in [9.17, 15) is 9.59 Å². The molecule has 1 aliphatic rings. The molecule has 3 heteroatoms. The van der Waals surface area contributed by atoms with Crippen molar-refractivity contribution in [3.63, 3.8) is 0 Å². The molecular weight excluding hydrogens is 168 g/mol. The lowest BCUT2D eigenvalue weighted by atomic mass is 9.80. The van der Waals surface area contributed by atoms with Gasteiger partial charge in [0.05, 0.1) is 0 Å². The van der Waals surface area contributed by atoms with Crippen LogP contribution in [0.15, 0.2) is 12.2 Å². The van der Waals surface area contributed by atoms with Gasteiger partial charge in [-0.15, -0.1) is 6.58 Å². The van der Waals surface area contributed by atoms with E-state index in [1.165, 1.54) is 0 Å². The van der Waals surface area contributed by atoms with E-state index in [0.717, 1.165) is 5.57 Å². The molecule has 1 atom stereocenters. The van der Waals surface area contributed by atoms with Crippen molar-refractivity contribution < 1.29 is 14.7 Å². The maximum Gasteiger partial charge on any atom is 0.317 e. The Morgan fingerprint density at radius 1 is 1.69 bits per heavy atom. The van der Waals surface area contributed by atoms with Gasteiger partial charge in [-0.2, -0.15) is 0 Å². The molecule has 1 fully saturated rings. The first kappa shape index (κ1) is 9.96. The molecule has 72 valence electrons. The summed E-state index contributed by atoms with van der Waals surface area (Å²) in [5, 5.41) is 9.02. The predicted octanol–water partition coefficient (Wildman–Crippen LogP) is 1.78. The topological polar surface area (TPSA) is 54.4 Å². The van der Waals surface area contributed by atoms with E-state index in [1.54, 1.807) is 6.92 Å². The SMILES string of the molecule is C=C(C)CC1(C(=O)O)CCCC1=O. The molecule has 1 unspecified atom stereocenters. The Balaban J connectivity index is 2.93. The molecule has 0 saturated heterocycles. The average molecular weight is 182 g/mol. The summed E-state index contributed by atoms with van der Waals surface area (Å²) in [5.74, 6) is -1.12. The van der Waals surface area contributed by atoms with Crippen LogP contribution in [0.3, 0.4) is 0 Å². The molecule has 0 heterocycles. The van der Waals surface area contributed by atoms with Crippen LogP contribution in [0.2, 0.25) is 0 Å². The minimum atomic E-state index is -1.15. The standard InChI is InChI=1S/C10H14O3/c1-7(2)6-10(9(12)13)5-3-4-8(10)11/h1,3-6H2,2H3,(H,12,13). The number of hydrogen-bond donors (Lipinski definition) is 1. The zero-order valence-corrected chi connectivity index (χ0v) is 7.80. The predicted molar refractivity (Wildman–Crippen MR) is 48.4 cm³/mol. The van der Waals surface area contributed by atoms with Crippen molar-refractivity contribution in [1.82, 2.24) is 0 Å². The van der Waals surface area contributed by atoms with Gasteiger partial charge in [-0.1, -0.05) is 5.57 Å². The Hall–Kier alpha value is -1.12. The van der Waals surface area contributed by atoms with E-state index in [2.05, 4.69) is 6.58 Å². The maximum atomic E-state index is 11.5. The molecule has 0 aliphatic heterocycles. The summed E-state index contributed by atoms with van der Waals surface area (Å²) >= 11 is 0. The van der Waals surface area contributed by atoms with Crippen LogP contribution >= 0.6 is 0 Å². The van der Waals surface area contributed by atoms with Crippen molar-refractivity contribution in [3.8, 4) is 0 Å². The number of allylic oxidation sites excluding steroid dienone is 1. The largest absolute Gasteiger partial charge is 0.480 e. The van der Waals surface area contributed by atoms with Crippen molar-refractivity contribution in [2.45, 2.75) is 32.6 Å². The first-order valence-corrected chi connectivity index (χ1v) is 4.40. The van der Waals surface area contributed by atoms with Crippen LogP contribution in [-0.2, 0) is 9.59 Å². The normalized spacial score (nSPS) is 27.6. The Labute approximate surface area is 77.4 Å². The minimum absolute atomic E-state index is 0.136. The summed E-state index contributed by atoms with van der Waals surface area (Å²) < 4.78 is 0. The van der Waals surface area contributed by atoms with E-state index in [0.29, 0.717) is 25.7 Å². The monoisotopic (exact) mass is 182 g/mol. The maximum absolute atomic E-state index is 11.5. The fourth-order valence-corrected chi connectivity index (χ4v) is 1.93. The lowest BCUT2D eigenvalue weighted by molar-refractivity contribution is -0.153. The first-order valence-electron chi connectivity index (χ1n) is 4.40. The Kier molecular flexibility index (Phi) is 2.55. The Morgan fingerprint density at radius 2 is 2.31 bits per heavy atom. The van der Waals surface area contributed by atoms with E-state index in [1.807, 2.05) is 0 Å². The number of carboxylic acids is 1. The summed E-state index contributed by atoms with van der Waals surface area (Å²) in [6, 6.07) is 0. The van der Waals surface area contributed by atoms with Gasteiger partial charge in [-0.05, 0) is 26.2 Å². The van der Waals surface area contributed by atoms with Crippen molar-refractivity contribution in [1.29, 1.82) is 0 Å². The Bertz CT molecular complexity index is 267. The third-order valence-electron chi connectivity index (χ3n) is 2.55. The van der Waals surface area contributed by atoms with Gasteiger partial charge < -0.3 is 5.11 Å². The molecule has 13 heavy (non-hydrogen) atoms. The molecule has 0 aromatic heterocycles. The fourth-order valence-electron chi connectivity index (χ4n) is 1.93. The second-order valence-electron chi connectivity index (χ2n) is 3.80. The summed E-state index contributed by atoms with van der Waals surface area (Å²) in [4.78, 5) is 22.5. The van der Waals surface area contributed by atoms with Gasteiger partial charge in [0.25, 0.3) is 0 Å². The van der Waals surface area contributed by atoms with Gasteiger partial charge in [0.15, 0.2) is 5.78 Å². The highest BCUT2D eigenvalue weighted by molar-refractivity contribution is 6.04. The number of Topliss-reactive ketones (excluding diaryl/α,β-unsaturated/α-hetero) is 1. The third-order valence-corrected chi connectivity index (χ3v) is 2.55. The van der Waals surface area contributed by atoms with E-state index in [4.69, 9.17) is 5.11 Å². The highest BCUT2D eigenvalue weighted by atomic mass is 16.4. The molecule has 0 bridgehead atoms. The van der Waals surface area contributed by atoms with Gasteiger partial charge in [0.2, 0.25) is 0 Å². The van der Waals surface area contributed by atoms with Crippen molar-refractivity contribution >= 4 is 11.8 Å². The number of carbonyl (C=O) groups is 2. The van der Waals surface area contributed by atoms with Crippen LogP contribution in [0.5, 0.6) is 0 Å². The third kappa shape index (κ3) is 1.64. The summed E-state index contributed by atoms with van der Waals surface area (Å²) in [5.41, 5.74) is -0.385. The smallest absolute Gasteiger partial charge is 0.317 e. The lowest BCUT2D eigenvalue weighted by Crippen LogP contribution is -2.35. The number of rotatable bonds is 3. The summed E-state index contributed by atoms with van der Waals surface area (Å²) in [6.07, 6.45) is 1.85. The fraction of sp³-hybridized carbons (Fsp3) is 0.600. The zero-order valence-electron chi connectivity index (χ0n) is 7.80. The quantitative estimate of drug-likeness (QED) is 0.534. The van der Waals surface area contributed by atoms with Crippen molar-refractivity contribution in [2.75, 3.05) is 0 Å². The highest BCUT2D eigenvalue weighted by Gasteiger charge is 2.48. The number of aliphatic carboxylic acids is 1. The second-order valence-corrected chi connectivity index (χ2v) is 3.80. The van der Waals surface area contributed by atoms with Crippen LogP contribution in [0, 0.1) is 5.41 Å². The van der Waals surface area contributed by atoms with Crippen molar-refractivity contribution in [2.24, 2.45) is 5.41 Å². The summed E-state index contributed by atoms with van der Waals surface area (Å²) in [6.45, 7) is 5.43. The van der Waals surface area contributed by atoms with Gasteiger partial charge >= 0.3 is 5.97 Å². The summed E-state index contributed by atoms with van der Waals surface area (Å²) in [7, 11) is 0. The molecule has 1 rings (SSSR count). The number of carboxylic acid groups (broad SMARTS) is 1. The average Bonchev–Trinajstić information content (AvgIpc) is 2.32. The van der Waals surface area contributed by atoms with E-state index in [-0.39, 0.29) is 5.78 Å². The van der Waals surface area contributed by atoms with E-state index >= 15 is 0 Å². The van der Waals surface area contributed by atoms with Gasteiger partial charge in [-0.25, -0.2) is 0 Å². The molecule has 1 N–H and O–H groups in total. The molecule has 0 amide bonds. The van der Waals surface area contributed by atoms with Crippen LogP contribution < -0.4 is 0 Å². The number of hydrogen-bond acceptors (Lipinski definition) is 2. The molecule has 0 radical (unpaired) electrons. The van der Waals surface area contributed by atoms with Crippen LogP contribution in [0.1, 0.15) is 32.6 Å². The van der Waals surface area contributed by atoms with Crippen LogP contribution in [-0.4, -0.2) is 16.9 Å². The van der Waals surface area contributed by atoms with Crippen LogP contribution in [0.4, 0.5) is 0 Å². The number of carbonyl (C=O) groups excluding carboxylic acids is 1. The second kappa shape index (κ2) is 3.32. The lowest BCUT2D eigenvalue weighted by Gasteiger charge is -2.21. The highest BCUT2D eigenvalue weighted by Crippen LogP contribution is 2.40. The molecule has 0 aromatic rings.